The summed E-state index contributed by atoms with van der Waals surface area (Å²) < 4.78 is 5.16. The predicted molar refractivity (Wildman–Crippen MR) is 69.0 cm³/mol. The highest BCUT2D eigenvalue weighted by molar-refractivity contribution is 9.09. The molecule has 0 N–H and O–H groups in total. The number of carbonyl (C=O) groups excluding carboxylic acids is 1. The van der Waals surface area contributed by atoms with Crippen molar-refractivity contribution in [2.24, 2.45) is 0 Å². The van der Waals surface area contributed by atoms with Crippen molar-refractivity contribution >= 4 is 21.9 Å². The van der Waals surface area contributed by atoms with E-state index in [1.165, 1.54) is 0 Å². The van der Waals surface area contributed by atoms with Gasteiger partial charge in [0, 0.05) is 4.83 Å². The van der Waals surface area contributed by atoms with E-state index in [4.69, 9.17) is 4.74 Å². The van der Waals surface area contributed by atoms with E-state index in [9.17, 15) is 4.79 Å². The third-order valence-corrected chi connectivity index (χ3v) is 2.70. The number of halogens is 1. The van der Waals surface area contributed by atoms with Crippen LogP contribution in [0.1, 0.15) is 36.5 Å². The van der Waals surface area contributed by atoms with Crippen LogP contribution in [0.25, 0.3) is 0 Å². The Morgan fingerprint density at radius 2 is 2.00 bits per heavy atom. The third kappa shape index (κ3) is 5.31. The Labute approximate surface area is 105 Å². The molecule has 0 spiro atoms. The maximum atomic E-state index is 11.5. The fourth-order valence-corrected chi connectivity index (χ4v) is 1.67. The lowest BCUT2D eigenvalue weighted by Gasteiger charge is -2.05. The van der Waals surface area contributed by atoms with Gasteiger partial charge in [0.2, 0.25) is 0 Å². The molecule has 0 fully saturated rings. The first-order chi connectivity index (χ1) is 7.70. The van der Waals surface area contributed by atoms with Gasteiger partial charge in [-0.3, -0.25) is 0 Å². The topological polar surface area (TPSA) is 26.3 Å². The van der Waals surface area contributed by atoms with Gasteiger partial charge in [-0.2, -0.15) is 0 Å². The highest BCUT2D eigenvalue weighted by atomic mass is 79.9. The molecule has 1 atom stereocenters. The molecule has 0 saturated heterocycles. The summed E-state index contributed by atoms with van der Waals surface area (Å²) in [6.07, 6.45) is 3.12. The summed E-state index contributed by atoms with van der Waals surface area (Å²) in [4.78, 5) is 12.0. The molecule has 1 rings (SSSR count). The van der Waals surface area contributed by atoms with Crippen LogP contribution in [0.3, 0.4) is 0 Å². The van der Waals surface area contributed by atoms with Crippen molar-refractivity contribution in [3.63, 3.8) is 0 Å². The molecule has 16 heavy (non-hydrogen) atoms. The van der Waals surface area contributed by atoms with Crippen LogP contribution in [0.5, 0.6) is 0 Å². The van der Waals surface area contributed by atoms with E-state index in [1.807, 2.05) is 18.2 Å². The number of unbranched alkanes of at least 4 members (excludes halogenated alkanes) is 1. The summed E-state index contributed by atoms with van der Waals surface area (Å²) in [5, 5.41) is 0. The van der Waals surface area contributed by atoms with Crippen molar-refractivity contribution < 1.29 is 9.53 Å². The zero-order valence-corrected chi connectivity index (χ0v) is 11.1. The molecule has 3 heteroatoms. The van der Waals surface area contributed by atoms with Gasteiger partial charge in [-0.15, -0.1) is 0 Å². The summed E-state index contributed by atoms with van der Waals surface area (Å²) in [5.41, 5.74) is 0.622. The van der Waals surface area contributed by atoms with Crippen LogP contribution in [0.4, 0.5) is 0 Å². The van der Waals surface area contributed by atoms with Crippen LogP contribution in [-0.4, -0.2) is 17.4 Å². The molecule has 0 aliphatic carbocycles. The molecule has 0 amide bonds. The number of alkyl halides is 1. The number of esters is 1. The standard InChI is InChI=1S/C13H17BrO2/c1-11(14)7-5-6-10-16-13(15)12-8-3-2-4-9-12/h2-4,8-9,11H,5-7,10H2,1H3. The highest BCUT2D eigenvalue weighted by Crippen LogP contribution is 2.09. The van der Waals surface area contributed by atoms with Gasteiger partial charge in [0.25, 0.3) is 0 Å². The Balaban J connectivity index is 2.16. The zero-order valence-electron chi connectivity index (χ0n) is 9.49. The second-order valence-electron chi connectivity index (χ2n) is 3.78. The second-order valence-corrected chi connectivity index (χ2v) is 5.34. The monoisotopic (exact) mass is 284 g/mol. The first-order valence-corrected chi connectivity index (χ1v) is 6.48. The third-order valence-electron chi connectivity index (χ3n) is 2.24. The van der Waals surface area contributed by atoms with Crippen LogP contribution >= 0.6 is 15.9 Å². The second kappa shape index (κ2) is 7.44. The van der Waals surface area contributed by atoms with Gasteiger partial charge >= 0.3 is 5.97 Å². The first kappa shape index (κ1) is 13.2. The van der Waals surface area contributed by atoms with E-state index in [2.05, 4.69) is 22.9 Å². The fourth-order valence-electron chi connectivity index (χ4n) is 1.35. The van der Waals surface area contributed by atoms with Crippen LogP contribution < -0.4 is 0 Å². The fraction of sp³-hybridized carbons (Fsp3) is 0.462. The highest BCUT2D eigenvalue weighted by Gasteiger charge is 2.05. The molecule has 1 aromatic rings. The van der Waals surface area contributed by atoms with Gasteiger partial charge in [-0.05, 0) is 31.4 Å². The molecule has 0 heterocycles. The lowest BCUT2D eigenvalue weighted by atomic mass is 10.2. The van der Waals surface area contributed by atoms with Crippen molar-refractivity contribution in [3.05, 3.63) is 35.9 Å². The largest absolute Gasteiger partial charge is 0.462 e. The average Bonchev–Trinajstić information content (AvgIpc) is 2.29. The first-order valence-electron chi connectivity index (χ1n) is 5.56. The molecule has 0 aliphatic heterocycles. The molecule has 0 saturated carbocycles. The molecule has 0 bridgehead atoms. The summed E-state index contributed by atoms with van der Waals surface area (Å²) in [6.45, 7) is 2.63. The summed E-state index contributed by atoms with van der Waals surface area (Å²) in [5.74, 6) is -0.229. The van der Waals surface area contributed by atoms with Crippen molar-refractivity contribution in [3.8, 4) is 0 Å². The van der Waals surface area contributed by atoms with Crippen molar-refractivity contribution in [2.75, 3.05) is 6.61 Å². The van der Waals surface area contributed by atoms with E-state index < -0.39 is 0 Å². The molecule has 1 unspecified atom stereocenters. The minimum Gasteiger partial charge on any atom is -0.462 e. The molecular formula is C13H17BrO2. The lowest BCUT2D eigenvalue weighted by Crippen LogP contribution is -2.06. The smallest absolute Gasteiger partial charge is 0.338 e. The van der Waals surface area contributed by atoms with E-state index in [-0.39, 0.29) is 5.97 Å². The van der Waals surface area contributed by atoms with E-state index in [0.717, 1.165) is 19.3 Å². The summed E-state index contributed by atoms with van der Waals surface area (Å²) >= 11 is 3.48. The van der Waals surface area contributed by atoms with E-state index in [0.29, 0.717) is 17.0 Å². The molecule has 0 aliphatic rings. The Morgan fingerprint density at radius 1 is 1.31 bits per heavy atom. The van der Waals surface area contributed by atoms with Gasteiger partial charge in [-0.1, -0.05) is 41.1 Å². The van der Waals surface area contributed by atoms with Gasteiger partial charge in [0.15, 0.2) is 0 Å². The Morgan fingerprint density at radius 3 is 2.62 bits per heavy atom. The van der Waals surface area contributed by atoms with Crippen LogP contribution in [0, 0.1) is 0 Å². The van der Waals surface area contributed by atoms with Gasteiger partial charge in [-0.25, -0.2) is 4.79 Å². The van der Waals surface area contributed by atoms with Crippen LogP contribution in [-0.2, 0) is 4.74 Å². The molecule has 0 radical (unpaired) electrons. The van der Waals surface area contributed by atoms with Crippen molar-refractivity contribution in [1.29, 1.82) is 0 Å². The minimum absolute atomic E-state index is 0.229. The molecule has 2 nitrogen and oxygen atoms in total. The predicted octanol–water partition coefficient (Wildman–Crippen LogP) is 3.80. The van der Waals surface area contributed by atoms with E-state index in [1.54, 1.807) is 12.1 Å². The summed E-state index contributed by atoms with van der Waals surface area (Å²) in [7, 11) is 0. The van der Waals surface area contributed by atoms with Gasteiger partial charge < -0.3 is 4.74 Å². The van der Waals surface area contributed by atoms with E-state index >= 15 is 0 Å². The van der Waals surface area contributed by atoms with Crippen LogP contribution in [0.15, 0.2) is 30.3 Å². The Bertz CT molecular complexity index is 309. The quantitative estimate of drug-likeness (QED) is 0.451. The Hall–Kier alpha value is -0.830. The van der Waals surface area contributed by atoms with Gasteiger partial charge in [0.05, 0.1) is 12.2 Å². The Kier molecular flexibility index (Phi) is 6.16. The number of ether oxygens (including phenoxy) is 1. The van der Waals surface area contributed by atoms with Crippen molar-refractivity contribution in [1.82, 2.24) is 0 Å². The minimum atomic E-state index is -0.229. The SMILES string of the molecule is CC(Br)CCCCOC(=O)c1ccccc1. The summed E-state index contributed by atoms with van der Waals surface area (Å²) in [6, 6.07) is 9.09. The van der Waals surface area contributed by atoms with Crippen LogP contribution in [0.2, 0.25) is 0 Å². The molecule has 0 aromatic heterocycles. The maximum Gasteiger partial charge on any atom is 0.338 e. The molecule has 88 valence electrons. The number of benzene rings is 1. The number of rotatable bonds is 6. The average molecular weight is 285 g/mol. The maximum absolute atomic E-state index is 11.5. The normalized spacial score (nSPS) is 12.1. The molecular weight excluding hydrogens is 268 g/mol. The lowest BCUT2D eigenvalue weighted by molar-refractivity contribution is 0.0498. The molecule has 1 aromatic carbocycles. The zero-order chi connectivity index (χ0) is 11.8. The van der Waals surface area contributed by atoms with Gasteiger partial charge in [0.1, 0.15) is 0 Å². The number of hydrogen-bond donors (Lipinski definition) is 0. The number of hydrogen-bond acceptors (Lipinski definition) is 2. The van der Waals surface area contributed by atoms with Crippen molar-refractivity contribution in [2.45, 2.75) is 31.0 Å². The number of carbonyl (C=O) groups is 1.